The van der Waals surface area contributed by atoms with Crippen molar-refractivity contribution in [1.29, 1.82) is 0 Å². The number of carbonyl (C=O) groups is 1. The summed E-state index contributed by atoms with van der Waals surface area (Å²) in [6.07, 6.45) is 2.84. The zero-order valence-corrected chi connectivity index (χ0v) is 11.9. The largest absolute Gasteiger partial charge is 0.366 e. The molecule has 0 aliphatic carbocycles. The lowest BCUT2D eigenvalue weighted by atomic mass is 10.0. The van der Waals surface area contributed by atoms with Crippen molar-refractivity contribution < 1.29 is 13.2 Å². The van der Waals surface area contributed by atoms with E-state index < -0.39 is 15.9 Å². The molecule has 0 saturated carbocycles. The number of rotatable bonds is 4. The summed E-state index contributed by atoms with van der Waals surface area (Å²) >= 11 is 0. The molecule has 0 bridgehead atoms. The number of carbonyl (C=O) groups excluding carboxylic acids is 1. The number of benzene rings is 2. The minimum atomic E-state index is -3.79. The first-order valence-corrected chi connectivity index (χ1v) is 7.62. The monoisotopic (exact) mass is 302 g/mol. The fraction of sp³-hybridized carbons (Fsp3) is 0. The van der Waals surface area contributed by atoms with Gasteiger partial charge in [0.05, 0.1) is 4.90 Å². The summed E-state index contributed by atoms with van der Waals surface area (Å²) in [6.45, 7) is 0. The van der Waals surface area contributed by atoms with Crippen molar-refractivity contribution in [3.05, 3.63) is 60.2 Å². The van der Waals surface area contributed by atoms with E-state index in [9.17, 15) is 13.2 Å². The van der Waals surface area contributed by atoms with Crippen LogP contribution in [0.15, 0.2) is 59.5 Å². The SMILES string of the molecule is NC(=O)C=Cc1ccc(-c2ccccc2S(N)(=O)=O)cc1. The molecule has 0 spiro atoms. The minimum absolute atomic E-state index is 0.0745. The van der Waals surface area contributed by atoms with Gasteiger partial charge in [-0.2, -0.15) is 0 Å². The zero-order valence-electron chi connectivity index (χ0n) is 11.1. The molecule has 6 heteroatoms. The van der Waals surface area contributed by atoms with Gasteiger partial charge in [0.15, 0.2) is 0 Å². The average molecular weight is 302 g/mol. The molecule has 2 aromatic carbocycles. The quantitative estimate of drug-likeness (QED) is 0.836. The number of hydrogen-bond acceptors (Lipinski definition) is 3. The summed E-state index contributed by atoms with van der Waals surface area (Å²) in [5, 5.41) is 5.22. The summed E-state index contributed by atoms with van der Waals surface area (Å²) < 4.78 is 23.2. The molecular formula is C15H14N2O3S. The highest BCUT2D eigenvalue weighted by Gasteiger charge is 2.14. The first kappa shape index (κ1) is 15.0. The predicted molar refractivity (Wildman–Crippen MR) is 81.5 cm³/mol. The molecule has 0 heterocycles. The van der Waals surface area contributed by atoms with Crippen molar-refractivity contribution in [3.63, 3.8) is 0 Å². The van der Waals surface area contributed by atoms with E-state index in [0.717, 1.165) is 11.1 Å². The molecule has 2 aromatic rings. The highest BCUT2D eigenvalue weighted by Crippen LogP contribution is 2.26. The highest BCUT2D eigenvalue weighted by molar-refractivity contribution is 7.89. The molecule has 1 amide bonds. The average Bonchev–Trinajstić information content (AvgIpc) is 2.45. The first-order valence-electron chi connectivity index (χ1n) is 6.08. The van der Waals surface area contributed by atoms with E-state index in [1.165, 1.54) is 12.1 Å². The Morgan fingerprint density at radius 2 is 1.62 bits per heavy atom. The number of sulfonamides is 1. The Bertz CT molecular complexity index is 794. The van der Waals surface area contributed by atoms with Crippen molar-refractivity contribution in [1.82, 2.24) is 0 Å². The Kier molecular flexibility index (Phi) is 4.21. The first-order chi connectivity index (χ1) is 9.88. The van der Waals surface area contributed by atoms with Gasteiger partial charge in [0.1, 0.15) is 0 Å². The number of nitrogens with two attached hydrogens (primary N) is 2. The minimum Gasteiger partial charge on any atom is -0.366 e. The Hall–Kier alpha value is -2.44. The molecule has 0 aliphatic heterocycles. The van der Waals surface area contributed by atoms with E-state index in [-0.39, 0.29) is 4.90 Å². The topological polar surface area (TPSA) is 103 Å². The van der Waals surface area contributed by atoms with Crippen molar-refractivity contribution in [2.75, 3.05) is 0 Å². The van der Waals surface area contributed by atoms with Crippen LogP contribution in [0.2, 0.25) is 0 Å². The Labute approximate surface area is 122 Å². The lowest BCUT2D eigenvalue weighted by Crippen LogP contribution is -2.13. The Balaban J connectivity index is 2.43. The number of primary amides is 1. The third kappa shape index (κ3) is 3.77. The molecule has 0 radical (unpaired) electrons. The maximum Gasteiger partial charge on any atom is 0.241 e. The van der Waals surface area contributed by atoms with Crippen molar-refractivity contribution >= 4 is 22.0 Å². The molecule has 0 aromatic heterocycles. The molecule has 0 aliphatic rings. The summed E-state index contributed by atoms with van der Waals surface area (Å²) in [5.74, 6) is -0.529. The van der Waals surface area contributed by atoms with Crippen LogP contribution in [0.4, 0.5) is 0 Å². The molecular weight excluding hydrogens is 288 g/mol. The standard InChI is InChI=1S/C15H14N2O3S/c16-15(18)10-7-11-5-8-12(9-6-11)13-3-1-2-4-14(13)21(17,19)20/h1-10H,(H2,16,18)(H2,17,19,20). The van der Waals surface area contributed by atoms with Gasteiger partial charge in [-0.1, -0.05) is 42.5 Å². The Morgan fingerprint density at radius 1 is 1.00 bits per heavy atom. The summed E-state index contributed by atoms with van der Waals surface area (Å²) in [7, 11) is -3.79. The lowest BCUT2D eigenvalue weighted by Gasteiger charge is -2.08. The van der Waals surface area contributed by atoms with E-state index in [2.05, 4.69) is 0 Å². The molecule has 0 fully saturated rings. The lowest BCUT2D eigenvalue weighted by molar-refractivity contribution is -0.113. The maximum atomic E-state index is 11.6. The second kappa shape index (κ2) is 5.90. The molecule has 2 rings (SSSR count). The van der Waals surface area contributed by atoms with Gasteiger partial charge in [0, 0.05) is 11.6 Å². The van der Waals surface area contributed by atoms with Gasteiger partial charge in [-0.05, 0) is 23.3 Å². The maximum absolute atomic E-state index is 11.6. The molecule has 21 heavy (non-hydrogen) atoms. The van der Waals surface area contributed by atoms with Gasteiger partial charge in [-0.25, -0.2) is 13.6 Å². The van der Waals surface area contributed by atoms with E-state index in [0.29, 0.717) is 5.56 Å². The van der Waals surface area contributed by atoms with Crippen molar-refractivity contribution in [2.24, 2.45) is 10.9 Å². The second-order valence-corrected chi connectivity index (χ2v) is 5.93. The summed E-state index contributed by atoms with van der Waals surface area (Å²) in [5.41, 5.74) is 7.06. The van der Waals surface area contributed by atoms with E-state index in [1.807, 2.05) is 0 Å². The van der Waals surface area contributed by atoms with Crippen LogP contribution in [0.5, 0.6) is 0 Å². The molecule has 108 valence electrons. The van der Waals surface area contributed by atoms with Gasteiger partial charge in [0.25, 0.3) is 0 Å². The molecule has 0 atom stereocenters. The molecule has 0 unspecified atom stereocenters. The summed E-state index contributed by atoms with van der Waals surface area (Å²) in [4.78, 5) is 10.7. The molecule has 4 N–H and O–H groups in total. The van der Waals surface area contributed by atoms with Crippen molar-refractivity contribution in [2.45, 2.75) is 4.90 Å². The van der Waals surface area contributed by atoms with Crippen molar-refractivity contribution in [3.8, 4) is 11.1 Å². The van der Waals surface area contributed by atoms with E-state index in [4.69, 9.17) is 10.9 Å². The van der Waals surface area contributed by atoms with Gasteiger partial charge in [-0.3, -0.25) is 4.79 Å². The van der Waals surface area contributed by atoms with Crippen LogP contribution in [0, 0.1) is 0 Å². The van der Waals surface area contributed by atoms with Gasteiger partial charge >= 0.3 is 0 Å². The zero-order chi connectivity index (χ0) is 15.5. The van der Waals surface area contributed by atoms with E-state index >= 15 is 0 Å². The molecule has 5 nitrogen and oxygen atoms in total. The smallest absolute Gasteiger partial charge is 0.241 e. The van der Waals surface area contributed by atoms with Crippen LogP contribution < -0.4 is 10.9 Å². The van der Waals surface area contributed by atoms with Crippen LogP contribution >= 0.6 is 0 Å². The number of hydrogen-bond donors (Lipinski definition) is 2. The second-order valence-electron chi connectivity index (χ2n) is 4.40. The predicted octanol–water partition coefficient (Wildman–Crippen LogP) is 1.50. The van der Waals surface area contributed by atoms with Crippen LogP contribution in [-0.2, 0) is 14.8 Å². The fourth-order valence-electron chi connectivity index (χ4n) is 1.91. The van der Waals surface area contributed by atoms with Crippen LogP contribution in [0.3, 0.4) is 0 Å². The van der Waals surface area contributed by atoms with E-state index in [1.54, 1.807) is 48.5 Å². The van der Waals surface area contributed by atoms with Crippen LogP contribution in [0.1, 0.15) is 5.56 Å². The summed E-state index contributed by atoms with van der Waals surface area (Å²) in [6, 6.07) is 13.5. The fourth-order valence-corrected chi connectivity index (χ4v) is 2.67. The third-order valence-electron chi connectivity index (χ3n) is 2.86. The van der Waals surface area contributed by atoms with Crippen LogP contribution in [0.25, 0.3) is 17.2 Å². The van der Waals surface area contributed by atoms with Gasteiger partial charge in [0.2, 0.25) is 15.9 Å². The number of amides is 1. The van der Waals surface area contributed by atoms with Crippen LogP contribution in [-0.4, -0.2) is 14.3 Å². The Morgan fingerprint density at radius 3 is 2.19 bits per heavy atom. The normalized spacial score (nSPS) is 11.7. The highest BCUT2D eigenvalue weighted by atomic mass is 32.2. The number of primary sulfonamides is 1. The van der Waals surface area contributed by atoms with Gasteiger partial charge in [-0.15, -0.1) is 0 Å². The van der Waals surface area contributed by atoms with Gasteiger partial charge < -0.3 is 5.73 Å². The molecule has 0 saturated heterocycles. The third-order valence-corrected chi connectivity index (χ3v) is 3.82.